The molecule has 0 aliphatic heterocycles. The Labute approximate surface area is 108 Å². The van der Waals surface area contributed by atoms with E-state index in [0.717, 1.165) is 10.6 Å². The molecule has 1 unspecified atom stereocenters. The molecule has 0 aliphatic carbocycles. The maximum Gasteiger partial charge on any atom is 0.119 e. The van der Waals surface area contributed by atoms with Crippen LogP contribution in [0, 0.1) is 17.2 Å². The highest BCUT2D eigenvalue weighted by Gasteiger charge is 2.13. The molecule has 3 heteroatoms. The zero-order valence-corrected chi connectivity index (χ0v) is 11.6. The predicted molar refractivity (Wildman–Crippen MR) is 72.3 cm³/mol. The minimum absolute atomic E-state index is 0.00636. The van der Waals surface area contributed by atoms with Gasteiger partial charge in [0, 0.05) is 4.90 Å². The first kappa shape index (κ1) is 13.9. The molecule has 0 saturated carbocycles. The van der Waals surface area contributed by atoms with Gasteiger partial charge in [-0.3, -0.25) is 0 Å². The number of ether oxygens (including phenoxy) is 1. The number of nitrogens with zero attached hydrogens (tertiary/aromatic N) is 1. The molecule has 0 fully saturated rings. The summed E-state index contributed by atoms with van der Waals surface area (Å²) >= 11 is 1.61. The van der Waals surface area contributed by atoms with E-state index in [0.29, 0.717) is 5.92 Å². The summed E-state index contributed by atoms with van der Waals surface area (Å²) in [6, 6.07) is 10.3. The van der Waals surface area contributed by atoms with Crippen molar-refractivity contribution in [1.29, 1.82) is 5.26 Å². The van der Waals surface area contributed by atoms with Gasteiger partial charge in [-0.15, -0.1) is 11.8 Å². The molecule has 1 aromatic carbocycles. The normalized spacial score (nSPS) is 12.5. The molecule has 92 valence electrons. The lowest BCUT2D eigenvalue weighted by molar-refractivity contribution is 0.242. The van der Waals surface area contributed by atoms with Crippen molar-refractivity contribution in [2.24, 2.45) is 5.92 Å². The number of hydrogen-bond acceptors (Lipinski definition) is 3. The molecule has 0 spiro atoms. The summed E-state index contributed by atoms with van der Waals surface area (Å²) in [5.41, 5.74) is 0. The molecule has 1 aromatic rings. The van der Waals surface area contributed by atoms with Crippen molar-refractivity contribution < 1.29 is 4.74 Å². The molecule has 0 aliphatic rings. The van der Waals surface area contributed by atoms with Gasteiger partial charge in [-0.05, 0) is 44.0 Å². The molecule has 1 atom stereocenters. The number of thioether (sulfide) groups is 1. The zero-order valence-electron chi connectivity index (χ0n) is 10.8. The van der Waals surface area contributed by atoms with Gasteiger partial charge in [-0.25, -0.2) is 0 Å². The molecule has 0 heterocycles. The lowest BCUT2D eigenvalue weighted by Crippen LogP contribution is -2.08. The molecule has 0 N–H and O–H groups in total. The standard InChI is InChI=1S/C14H19NOS/c1-10(2)14(9-15)17-13-7-5-12(6-8-13)16-11(3)4/h5-8,10-11,14H,1-4H3. The number of benzene rings is 1. The van der Waals surface area contributed by atoms with Crippen LogP contribution in [-0.4, -0.2) is 11.4 Å². The first-order valence-corrected chi connectivity index (χ1v) is 6.74. The van der Waals surface area contributed by atoms with E-state index in [1.807, 2.05) is 38.1 Å². The van der Waals surface area contributed by atoms with Crippen LogP contribution in [0.5, 0.6) is 5.75 Å². The number of hydrogen-bond donors (Lipinski definition) is 0. The van der Waals surface area contributed by atoms with Crippen LogP contribution in [0.1, 0.15) is 27.7 Å². The van der Waals surface area contributed by atoms with Gasteiger partial charge in [0.15, 0.2) is 0 Å². The van der Waals surface area contributed by atoms with Crippen molar-refractivity contribution in [3.05, 3.63) is 24.3 Å². The topological polar surface area (TPSA) is 33.0 Å². The Morgan fingerprint density at radius 1 is 1.12 bits per heavy atom. The quantitative estimate of drug-likeness (QED) is 0.736. The minimum Gasteiger partial charge on any atom is -0.491 e. The Balaban J connectivity index is 2.65. The Bertz CT molecular complexity index is 378. The summed E-state index contributed by atoms with van der Waals surface area (Å²) in [7, 11) is 0. The molecule has 17 heavy (non-hydrogen) atoms. The summed E-state index contributed by atoms with van der Waals surface area (Å²) in [4.78, 5) is 1.11. The van der Waals surface area contributed by atoms with Gasteiger partial charge in [0.1, 0.15) is 5.75 Å². The summed E-state index contributed by atoms with van der Waals surface area (Å²) < 4.78 is 5.57. The van der Waals surface area contributed by atoms with Crippen molar-refractivity contribution in [2.45, 2.75) is 43.9 Å². The largest absolute Gasteiger partial charge is 0.491 e. The predicted octanol–water partition coefficient (Wildman–Crippen LogP) is 4.11. The molecule has 0 aromatic heterocycles. The van der Waals surface area contributed by atoms with Crippen molar-refractivity contribution in [3.8, 4) is 11.8 Å². The third kappa shape index (κ3) is 4.70. The molecule has 0 amide bonds. The summed E-state index contributed by atoms with van der Waals surface area (Å²) in [5.74, 6) is 1.24. The third-order valence-corrected chi connectivity index (χ3v) is 3.64. The summed E-state index contributed by atoms with van der Waals surface area (Å²) in [6.07, 6.45) is 0.191. The van der Waals surface area contributed by atoms with E-state index in [2.05, 4.69) is 19.9 Å². The highest BCUT2D eigenvalue weighted by atomic mass is 32.2. The average Bonchev–Trinajstić information content (AvgIpc) is 2.26. The highest BCUT2D eigenvalue weighted by Crippen LogP contribution is 2.29. The van der Waals surface area contributed by atoms with Crippen molar-refractivity contribution in [3.63, 3.8) is 0 Å². The molecule has 0 bridgehead atoms. The highest BCUT2D eigenvalue weighted by molar-refractivity contribution is 8.00. The lowest BCUT2D eigenvalue weighted by atomic mass is 10.1. The molecule has 0 radical (unpaired) electrons. The molecular weight excluding hydrogens is 230 g/mol. The average molecular weight is 249 g/mol. The monoisotopic (exact) mass is 249 g/mol. The first-order chi connectivity index (χ1) is 8.02. The second kappa shape index (κ2) is 6.56. The summed E-state index contributed by atoms with van der Waals surface area (Å²) in [5, 5.41) is 9.04. The first-order valence-electron chi connectivity index (χ1n) is 5.86. The minimum atomic E-state index is 0.00636. The van der Waals surface area contributed by atoms with Crippen LogP contribution in [0.15, 0.2) is 29.2 Å². The Morgan fingerprint density at radius 2 is 1.71 bits per heavy atom. The third-order valence-electron chi connectivity index (χ3n) is 2.19. The Hall–Kier alpha value is -1.14. The maximum absolute atomic E-state index is 9.04. The van der Waals surface area contributed by atoms with Gasteiger partial charge < -0.3 is 4.74 Å². The number of nitriles is 1. The van der Waals surface area contributed by atoms with Crippen LogP contribution < -0.4 is 4.74 Å². The van der Waals surface area contributed by atoms with E-state index in [9.17, 15) is 0 Å². The van der Waals surface area contributed by atoms with Crippen LogP contribution in [0.2, 0.25) is 0 Å². The van der Waals surface area contributed by atoms with Crippen LogP contribution in [0.25, 0.3) is 0 Å². The van der Waals surface area contributed by atoms with Crippen molar-refractivity contribution in [1.82, 2.24) is 0 Å². The van der Waals surface area contributed by atoms with Gasteiger partial charge >= 0.3 is 0 Å². The number of rotatable bonds is 5. The smallest absolute Gasteiger partial charge is 0.119 e. The van der Waals surface area contributed by atoms with Gasteiger partial charge in [0.05, 0.1) is 17.4 Å². The van der Waals surface area contributed by atoms with Crippen LogP contribution in [0.4, 0.5) is 0 Å². The van der Waals surface area contributed by atoms with E-state index in [4.69, 9.17) is 10.00 Å². The summed E-state index contributed by atoms with van der Waals surface area (Å²) in [6.45, 7) is 8.15. The van der Waals surface area contributed by atoms with Crippen molar-refractivity contribution in [2.75, 3.05) is 0 Å². The van der Waals surface area contributed by atoms with Gasteiger partial charge in [0.25, 0.3) is 0 Å². The van der Waals surface area contributed by atoms with Gasteiger partial charge in [0.2, 0.25) is 0 Å². The van der Waals surface area contributed by atoms with E-state index < -0.39 is 0 Å². The Kier molecular flexibility index (Phi) is 5.37. The van der Waals surface area contributed by atoms with Gasteiger partial charge in [-0.1, -0.05) is 13.8 Å². The molecule has 1 rings (SSSR count). The second-order valence-corrected chi connectivity index (χ2v) is 5.76. The van der Waals surface area contributed by atoms with E-state index >= 15 is 0 Å². The second-order valence-electron chi connectivity index (χ2n) is 4.55. The van der Waals surface area contributed by atoms with E-state index in [1.54, 1.807) is 11.8 Å². The van der Waals surface area contributed by atoms with Crippen molar-refractivity contribution >= 4 is 11.8 Å². The molecular formula is C14H19NOS. The fraction of sp³-hybridized carbons (Fsp3) is 0.500. The zero-order chi connectivity index (χ0) is 12.8. The van der Waals surface area contributed by atoms with Crippen LogP contribution in [0.3, 0.4) is 0 Å². The van der Waals surface area contributed by atoms with E-state index in [-0.39, 0.29) is 11.4 Å². The van der Waals surface area contributed by atoms with Gasteiger partial charge in [-0.2, -0.15) is 5.26 Å². The lowest BCUT2D eigenvalue weighted by Gasteiger charge is -2.13. The fourth-order valence-corrected chi connectivity index (χ4v) is 2.24. The fourth-order valence-electron chi connectivity index (χ4n) is 1.33. The van der Waals surface area contributed by atoms with E-state index in [1.165, 1.54) is 0 Å². The molecule has 2 nitrogen and oxygen atoms in total. The molecule has 0 saturated heterocycles. The Morgan fingerprint density at radius 3 is 2.12 bits per heavy atom. The van der Waals surface area contributed by atoms with Crippen LogP contribution >= 0.6 is 11.8 Å². The SMILES string of the molecule is CC(C)Oc1ccc(SC(C#N)C(C)C)cc1. The van der Waals surface area contributed by atoms with Crippen LogP contribution in [-0.2, 0) is 0 Å². The maximum atomic E-state index is 9.04.